The van der Waals surface area contributed by atoms with Crippen molar-refractivity contribution >= 4 is 20.2 Å². The van der Waals surface area contributed by atoms with Gasteiger partial charge in [0.15, 0.2) is 0 Å². The molecule has 0 radical (unpaired) electrons. The highest BCUT2D eigenvalue weighted by Gasteiger charge is 2.39. The lowest BCUT2D eigenvalue weighted by Crippen LogP contribution is -2.40. The minimum absolute atomic E-state index is 0.134. The zero-order valence-electron chi connectivity index (χ0n) is 18.2. The van der Waals surface area contributed by atoms with Gasteiger partial charge in [-0.25, -0.2) is 0 Å². The first-order valence-corrected chi connectivity index (χ1v) is 12.8. The van der Waals surface area contributed by atoms with Gasteiger partial charge in [0, 0.05) is 6.42 Å². The molecule has 0 amide bonds. The largest absolute Gasteiger partial charge is 0.544 e. The molecular formula is C25H34O2Si. The van der Waals surface area contributed by atoms with Crippen LogP contribution in [-0.2, 0) is 9.22 Å². The molecule has 3 heteroatoms. The summed E-state index contributed by atoms with van der Waals surface area (Å²) in [6, 6.07) is 10.2. The Morgan fingerprint density at radius 1 is 1.14 bits per heavy atom. The molecule has 0 spiro atoms. The number of allylic oxidation sites excluding steroid dienone is 4. The van der Waals surface area contributed by atoms with Gasteiger partial charge in [-0.15, -0.1) is 0 Å². The summed E-state index contributed by atoms with van der Waals surface area (Å²) < 4.78 is 6.51. The van der Waals surface area contributed by atoms with Crippen molar-refractivity contribution in [2.75, 3.05) is 0 Å². The monoisotopic (exact) mass is 394 g/mol. The lowest BCUT2D eigenvalue weighted by molar-refractivity contribution is -0.109. The van der Waals surface area contributed by atoms with Crippen LogP contribution in [0.15, 0.2) is 60.4 Å². The first kappa shape index (κ1) is 23.7. The SMILES string of the molecule is C/C=C/C(=O)C#CCCC/C=C(/C=C/c1ccccc1)O[Si](C)(C)C(C)(C)C. The van der Waals surface area contributed by atoms with Crippen molar-refractivity contribution in [2.45, 2.75) is 65.1 Å². The van der Waals surface area contributed by atoms with E-state index in [1.807, 2.05) is 25.1 Å². The molecule has 1 rings (SSSR count). The van der Waals surface area contributed by atoms with Crippen LogP contribution < -0.4 is 0 Å². The second kappa shape index (κ2) is 11.5. The summed E-state index contributed by atoms with van der Waals surface area (Å²) in [5.41, 5.74) is 1.15. The van der Waals surface area contributed by atoms with Crippen LogP contribution in [-0.4, -0.2) is 14.1 Å². The number of carbonyl (C=O) groups excluding carboxylic acids is 1. The van der Waals surface area contributed by atoms with Gasteiger partial charge in [0.2, 0.25) is 14.1 Å². The van der Waals surface area contributed by atoms with Gasteiger partial charge in [-0.05, 0) is 67.6 Å². The van der Waals surface area contributed by atoms with Crippen molar-refractivity contribution in [3.63, 3.8) is 0 Å². The Kier molecular flexibility index (Phi) is 9.75. The number of hydrogen-bond donors (Lipinski definition) is 0. The topological polar surface area (TPSA) is 26.3 Å². The molecule has 2 nitrogen and oxygen atoms in total. The van der Waals surface area contributed by atoms with Gasteiger partial charge in [0.25, 0.3) is 0 Å². The van der Waals surface area contributed by atoms with Crippen LogP contribution in [0.25, 0.3) is 6.08 Å². The summed E-state index contributed by atoms with van der Waals surface area (Å²) >= 11 is 0. The molecule has 150 valence electrons. The molecule has 1 aromatic rings. The van der Waals surface area contributed by atoms with E-state index in [2.05, 4.69) is 76.1 Å². The van der Waals surface area contributed by atoms with Crippen molar-refractivity contribution in [3.05, 3.63) is 66.0 Å². The van der Waals surface area contributed by atoms with Crippen molar-refractivity contribution in [2.24, 2.45) is 0 Å². The molecule has 0 unspecified atom stereocenters. The van der Waals surface area contributed by atoms with E-state index >= 15 is 0 Å². The molecule has 0 bridgehead atoms. The van der Waals surface area contributed by atoms with Crippen molar-refractivity contribution < 1.29 is 9.22 Å². The van der Waals surface area contributed by atoms with Crippen LogP contribution in [0.2, 0.25) is 18.1 Å². The first-order valence-electron chi connectivity index (χ1n) is 9.93. The molecule has 0 heterocycles. The van der Waals surface area contributed by atoms with E-state index in [-0.39, 0.29) is 10.8 Å². The van der Waals surface area contributed by atoms with E-state index < -0.39 is 8.32 Å². The molecule has 0 fully saturated rings. The minimum atomic E-state index is -1.91. The maximum atomic E-state index is 11.4. The van der Waals surface area contributed by atoms with E-state index in [4.69, 9.17) is 4.43 Å². The third-order valence-corrected chi connectivity index (χ3v) is 9.16. The average molecular weight is 395 g/mol. The third kappa shape index (κ3) is 9.06. The smallest absolute Gasteiger partial charge is 0.250 e. The predicted molar refractivity (Wildman–Crippen MR) is 123 cm³/mol. The van der Waals surface area contributed by atoms with Crippen LogP contribution in [0, 0.1) is 11.8 Å². The second-order valence-electron chi connectivity index (χ2n) is 8.27. The lowest BCUT2D eigenvalue weighted by Gasteiger charge is -2.36. The molecule has 0 saturated heterocycles. The predicted octanol–water partition coefficient (Wildman–Crippen LogP) is 6.92. The van der Waals surface area contributed by atoms with Gasteiger partial charge in [-0.3, -0.25) is 4.79 Å². The van der Waals surface area contributed by atoms with E-state index in [0.717, 1.165) is 24.2 Å². The summed E-state index contributed by atoms with van der Waals surface area (Å²) in [5.74, 6) is 6.38. The van der Waals surface area contributed by atoms with Crippen LogP contribution in [0.1, 0.15) is 52.5 Å². The van der Waals surface area contributed by atoms with Crippen LogP contribution >= 0.6 is 0 Å². The molecule has 0 aliphatic rings. The Hall–Kier alpha value is -2.31. The number of rotatable bonds is 8. The molecule has 0 aliphatic heterocycles. The highest BCUT2D eigenvalue weighted by Crippen LogP contribution is 2.38. The molecule has 0 saturated carbocycles. The molecule has 0 atom stereocenters. The Morgan fingerprint density at radius 3 is 2.43 bits per heavy atom. The number of benzene rings is 1. The zero-order valence-corrected chi connectivity index (χ0v) is 19.2. The van der Waals surface area contributed by atoms with Crippen LogP contribution in [0.4, 0.5) is 0 Å². The van der Waals surface area contributed by atoms with Gasteiger partial charge < -0.3 is 4.43 Å². The van der Waals surface area contributed by atoms with Crippen LogP contribution in [0.3, 0.4) is 0 Å². The summed E-state index contributed by atoms with van der Waals surface area (Å²) in [7, 11) is -1.91. The third-order valence-electron chi connectivity index (χ3n) is 4.80. The fourth-order valence-electron chi connectivity index (χ4n) is 2.11. The average Bonchev–Trinajstić information content (AvgIpc) is 2.62. The zero-order chi connectivity index (χ0) is 21.0. The van der Waals surface area contributed by atoms with E-state index in [9.17, 15) is 4.79 Å². The fraction of sp³-hybridized carbons (Fsp3) is 0.400. The highest BCUT2D eigenvalue weighted by atomic mass is 28.4. The lowest BCUT2D eigenvalue weighted by atomic mass is 10.2. The summed E-state index contributed by atoms with van der Waals surface area (Å²) in [6.07, 6.45) is 12.0. The van der Waals surface area contributed by atoms with Gasteiger partial charge in [0.05, 0.1) is 5.76 Å². The number of ketones is 1. The Labute approximate surface area is 172 Å². The summed E-state index contributed by atoms with van der Waals surface area (Å²) in [4.78, 5) is 11.4. The quantitative estimate of drug-likeness (QED) is 0.0909. The Balaban J connectivity index is 2.81. The van der Waals surface area contributed by atoms with Gasteiger partial charge in [-0.2, -0.15) is 0 Å². The number of hydrogen-bond acceptors (Lipinski definition) is 2. The maximum Gasteiger partial charge on any atom is 0.250 e. The standard InChI is InChI=1S/C25H34O2Si/c1-7-15-23(26)18-13-8-9-14-19-24(27-28(5,6)25(2,3)4)21-20-22-16-11-10-12-17-22/h7,10-12,15-17,19-21H,8-9,14H2,1-6H3/b15-7+,21-20+,24-19-. The minimum Gasteiger partial charge on any atom is -0.544 e. The van der Waals surface area contributed by atoms with E-state index in [0.29, 0.717) is 6.42 Å². The summed E-state index contributed by atoms with van der Waals surface area (Å²) in [5, 5.41) is 0.144. The highest BCUT2D eigenvalue weighted by molar-refractivity contribution is 6.74. The summed E-state index contributed by atoms with van der Waals surface area (Å²) in [6.45, 7) is 13.1. The van der Waals surface area contributed by atoms with Crippen LogP contribution in [0.5, 0.6) is 0 Å². The van der Waals surface area contributed by atoms with Crippen molar-refractivity contribution in [1.29, 1.82) is 0 Å². The van der Waals surface area contributed by atoms with E-state index in [1.54, 1.807) is 6.08 Å². The molecule has 1 aromatic carbocycles. The normalized spacial score (nSPS) is 12.9. The van der Waals surface area contributed by atoms with Gasteiger partial charge in [0.1, 0.15) is 0 Å². The van der Waals surface area contributed by atoms with Crippen molar-refractivity contribution in [1.82, 2.24) is 0 Å². The maximum absolute atomic E-state index is 11.4. The number of unbranched alkanes of at least 4 members (excludes halogenated alkanes) is 2. The molecule has 0 aliphatic carbocycles. The first-order chi connectivity index (χ1) is 13.2. The molecule has 28 heavy (non-hydrogen) atoms. The van der Waals surface area contributed by atoms with Gasteiger partial charge in [-0.1, -0.05) is 69.2 Å². The van der Waals surface area contributed by atoms with Crippen molar-refractivity contribution in [3.8, 4) is 11.8 Å². The Bertz CT molecular complexity index is 766. The van der Waals surface area contributed by atoms with Gasteiger partial charge >= 0.3 is 0 Å². The second-order valence-corrected chi connectivity index (χ2v) is 13.0. The molecule has 0 N–H and O–H groups in total. The fourth-order valence-corrected chi connectivity index (χ4v) is 3.16. The Morgan fingerprint density at radius 2 is 1.82 bits per heavy atom. The molecule has 0 aromatic heterocycles. The molecular weight excluding hydrogens is 360 g/mol. The number of carbonyl (C=O) groups is 1. The van der Waals surface area contributed by atoms with E-state index in [1.165, 1.54) is 6.08 Å².